The number of carbonyl (C=O) groups is 2. The Balaban J connectivity index is 2.99. The van der Waals surface area contributed by atoms with E-state index in [1.54, 1.807) is 44.4 Å². The van der Waals surface area contributed by atoms with Gasteiger partial charge in [0, 0.05) is 5.69 Å². The summed E-state index contributed by atoms with van der Waals surface area (Å²) >= 11 is 0. The first-order valence-corrected chi connectivity index (χ1v) is 7.22. The summed E-state index contributed by atoms with van der Waals surface area (Å²) in [6.45, 7) is 7.12. The molecule has 5 nitrogen and oxygen atoms in total. The largest absolute Gasteiger partial charge is 0.497 e. The van der Waals surface area contributed by atoms with Gasteiger partial charge in [0.2, 0.25) is 0 Å². The second-order valence-electron chi connectivity index (χ2n) is 4.84. The quantitative estimate of drug-likeness (QED) is 0.561. The highest BCUT2D eigenvalue weighted by Gasteiger charge is 2.32. The highest BCUT2D eigenvalue weighted by Crippen LogP contribution is 2.21. The first kappa shape index (κ1) is 17.8. The topological polar surface area (TPSA) is 64.6 Å². The molecule has 0 aromatic heterocycles. The number of hydrogen-bond donors (Lipinski definition) is 1. The highest BCUT2D eigenvalue weighted by atomic mass is 16.5. The Hall–Kier alpha value is -2.30. The van der Waals surface area contributed by atoms with Gasteiger partial charge in [0.15, 0.2) is 0 Å². The summed E-state index contributed by atoms with van der Waals surface area (Å²) in [7, 11) is 1.58. The van der Waals surface area contributed by atoms with E-state index >= 15 is 0 Å². The molecule has 0 aliphatic rings. The van der Waals surface area contributed by atoms with Crippen molar-refractivity contribution in [2.45, 2.75) is 26.3 Å². The number of benzene rings is 1. The van der Waals surface area contributed by atoms with E-state index < -0.39 is 17.9 Å². The van der Waals surface area contributed by atoms with Crippen LogP contribution in [0.4, 0.5) is 5.69 Å². The Morgan fingerprint density at radius 2 is 1.95 bits per heavy atom. The molecule has 0 saturated carbocycles. The average Bonchev–Trinajstić information content (AvgIpc) is 2.51. The van der Waals surface area contributed by atoms with Gasteiger partial charge in [0.25, 0.3) is 0 Å². The molecule has 0 bridgehead atoms. The van der Waals surface area contributed by atoms with E-state index in [4.69, 9.17) is 9.47 Å². The minimum atomic E-state index is -0.746. The molecule has 0 aliphatic heterocycles. The van der Waals surface area contributed by atoms with Gasteiger partial charge >= 0.3 is 5.97 Å². The van der Waals surface area contributed by atoms with E-state index in [1.165, 1.54) is 6.92 Å². The van der Waals surface area contributed by atoms with Crippen LogP contribution < -0.4 is 10.1 Å². The van der Waals surface area contributed by atoms with Crippen LogP contribution in [0.5, 0.6) is 5.75 Å². The van der Waals surface area contributed by atoms with Crippen molar-refractivity contribution in [2.75, 3.05) is 19.0 Å². The monoisotopic (exact) mass is 305 g/mol. The zero-order valence-electron chi connectivity index (χ0n) is 13.3. The second kappa shape index (κ2) is 8.87. The molecule has 1 aromatic carbocycles. The summed E-state index contributed by atoms with van der Waals surface area (Å²) in [6.07, 6.45) is 2.04. The predicted molar refractivity (Wildman–Crippen MR) is 86.0 cm³/mol. The molecule has 22 heavy (non-hydrogen) atoms. The van der Waals surface area contributed by atoms with Crippen molar-refractivity contribution in [1.29, 1.82) is 0 Å². The highest BCUT2D eigenvalue weighted by molar-refractivity contribution is 5.89. The number of nitrogens with one attached hydrogen (secondary N) is 1. The fourth-order valence-electron chi connectivity index (χ4n) is 2.14. The third-order valence-electron chi connectivity index (χ3n) is 3.30. The van der Waals surface area contributed by atoms with Gasteiger partial charge in [0.05, 0.1) is 19.6 Å². The van der Waals surface area contributed by atoms with Crippen LogP contribution in [0.1, 0.15) is 20.3 Å². The Bertz CT molecular complexity index is 510. The van der Waals surface area contributed by atoms with Gasteiger partial charge in [-0.05, 0) is 44.5 Å². The number of ketones is 1. The minimum Gasteiger partial charge on any atom is -0.497 e. The van der Waals surface area contributed by atoms with Crippen molar-refractivity contribution in [1.82, 2.24) is 0 Å². The van der Waals surface area contributed by atoms with Crippen molar-refractivity contribution in [3.8, 4) is 5.75 Å². The number of methoxy groups -OCH3 is 1. The maximum absolute atomic E-state index is 12.2. The lowest BCUT2D eigenvalue weighted by Gasteiger charge is -2.24. The summed E-state index contributed by atoms with van der Waals surface area (Å²) in [5.41, 5.74) is 0.717. The summed E-state index contributed by atoms with van der Waals surface area (Å²) < 4.78 is 10.2. The van der Waals surface area contributed by atoms with Crippen LogP contribution in [0, 0.1) is 5.92 Å². The van der Waals surface area contributed by atoms with Crippen LogP contribution in [-0.2, 0) is 14.3 Å². The molecular formula is C17H23NO4. The molecule has 1 rings (SSSR count). The van der Waals surface area contributed by atoms with Gasteiger partial charge in [-0.25, -0.2) is 4.79 Å². The number of ether oxygens (including phenoxy) is 2. The number of esters is 1. The number of carbonyl (C=O) groups excluding carboxylic acids is 2. The van der Waals surface area contributed by atoms with Gasteiger partial charge in [-0.15, -0.1) is 6.58 Å². The lowest BCUT2D eigenvalue weighted by atomic mass is 9.92. The van der Waals surface area contributed by atoms with Crippen molar-refractivity contribution in [2.24, 2.45) is 5.92 Å². The average molecular weight is 305 g/mol. The fourth-order valence-corrected chi connectivity index (χ4v) is 2.14. The number of rotatable bonds is 9. The van der Waals surface area contributed by atoms with E-state index in [1.807, 2.05) is 0 Å². The zero-order chi connectivity index (χ0) is 16.5. The third kappa shape index (κ3) is 4.91. The Morgan fingerprint density at radius 1 is 1.32 bits per heavy atom. The van der Waals surface area contributed by atoms with Crippen molar-refractivity contribution in [3.63, 3.8) is 0 Å². The van der Waals surface area contributed by atoms with E-state index in [2.05, 4.69) is 11.9 Å². The van der Waals surface area contributed by atoms with Crippen molar-refractivity contribution >= 4 is 17.4 Å². The molecule has 0 aliphatic carbocycles. The summed E-state index contributed by atoms with van der Waals surface area (Å²) in [4.78, 5) is 24.1. The third-order valence-corrected chi connectivity index (χ3v) is 3.30. The number of hydrogen-bond acceptors (Lipinski definition) is 5. The molecule has 0 heterocycles. The predicted octanol–water partition coefficient (Wildman–Crippen LogP) is 2.82. The Labute approximate surface area is 131 Å². The molecule has 5 heteroatoms. The van der Waals surface area contributed by atoms with E-state index in [9.17, 15) is 9.59 Å². The normalized spacial score (nSPS) is 12.9. The first-order valence-electron chi connectivity index (χ1n) is 7.22. The maximum Gasteiger partial charge on any atom is 0.329 e. The van der Waals surface area contributed by atoms with Crippen LogP contribution in [0.3, 0.4) is 0 Å². The van der Waals surface area contributed by atoms with E-state index in [-0.39, 0.29) is 12.4 Å². The van der Waals surface area contributed by atoms with Crippen molar-refractivity contribution in [3.05, 3.63) is 36.9 Å². The second-order valence-corrected chi connectivity index (χ2v) is 4.84. The molecule has 0 radical (unpaired) electrons. The Morgan fingerprint density at radius 3 is 2.41 bits per heavy atom. The lowest BCUT2D eigenvalue weighted by Crippen LogP contribution is -2.41. The molecule has 0 amide bonds. The SMILES string of the molecule is C=CC[C@@H](C(C)=O)[C@@H](Nc1ccc(OC)cc1)C(=O)OCC. The zero-order valence-corrected chi connectivity index (χ0v) is 13.3. The molecule has 0 fully saturated rings. The van der Waals surface area contributed by atoms with Gasteiger partial charge < -0.3 is 14.8 Å². The summed E-state index contributed by atoms with van der Waals surface area (Å²) in [5.74, 6) is -0.328. The number of Topliss-reactive ketones (excluding diaryl/α,β-unsaturated/α-hetero) is 1. The smallest absolute Gasteiger partial charge is 0.329 e. The van der Waals surface area contributed by atoms with E-state index in [0.29, 0.717) is 17.9 Å². The molecule has 0 spiro atoms. The molecule has 0 saturated heterocycles. The number of allylic oxidation sites excluding steroid dienone is 1. The van der Waals surface area contributed by atoms with Crippen LogP contribution in [0.2, 0.25) is 0 Å². The van der Waals surface area contributed by atoms with Gasteiger partial charge in [-0.1, -0.05) is 6.08 Å². The van der Waals surface area contributed by atoms with Gasteiger partial charge in [-0.2, -0.15) is 0 Å². The summed E-state index contributed by atoms with van der Waals surface area (Å²) in [5, 5.41) is 3.08. The van der Waals surface area contributed by atoms with Crippen LogP contribution >= 0.6 is 0 Å². The molecular weight excluding hydrogens is 282 g/mol. The maximum atomic E-state index is 12.2. The molecule has 1 N–H and O–H groups in total. The van der Waals surface area contributed by atoms with Crippen molar-refractivity contribution < 1.29 is 19.1 Å². The standard InChI is InChI=1S/C17H23NO4/c1-5-7-15(12(3)19)16(17(20)22-6-2)18-13-8-10-14(21-4)11-9-13/h5,8-11,15-16,18H,1,6-7H2,2-4H3/t15-,16+/m0/s1. The first-order chi connectivity index (χ1) is 10.5. The molecule has 120 valence electrons. The number of anilines is 1. The van der Waals surface area contributed by atoms with Crippen LogP contribution in [0.15, 0.2) is 36.9 Å². The molecule has 0 unspecified atom stereocenters. The van der Waals surface area contributed by atoms with Gasteiger partial charge in [0.1, 0.15) is 17.6 Å². The van der Waals surface area contributed by atoms with Gasteiger partial charge in [-0.3, -0.25) is 4.79 Å². The summed E-state index contributed by atoms with van der Waals surface area (Å²) in [6, 6.07) is 6.39. The minimum absolute atomic E-state index is 0.0843. The fraction of sp³-hybridized carbons (Fsp3) is 0.412. The van der Waals surface area contributed by atoms with E-state index in [0.717, 1.165) is 0 Å². The lowest BCUT2D eigenvalue weighted by molar-refractivity contribution is -0.147. The molecule has 1 aromatic rings. The molecule has 2 atom stereocenters. The van der Waals surface area contributed by atoms with Crippen LogP contribution in [-0.4, -0.2) is 31.5 Å². The Kier molecular flexibility index (Phi) is 7.16. The van der Waals surface area contributed by atoms with Crippen LogP contribution in [0.25, 0.3) is 0 Å².